The number of nitrogens with one attached hydrogen (secondary N) is 1. The van der Waals surface area contributed by atoms with Gasteiger partial charge in [0.25, 0.3) is 0 Å². The van der Waals surface area contributed by atoms with Crippen molar-refractivity contribution in [3.05, 3.63) is 46.8 Å². The molecule has 0 saturated carbocycles. The topological polar surface area (TPSA) is 12.0 Å². The van der Waals surface area contributed by atoms with E-state index in [9.17, 15) is 13.2 Å². The summed E-state index contributed by atoms with van der Waals surface area (Å²) in [5.74, 6) is -3.65. The van der Waals surface area contributed by atoms with Crippen molar-refractivity contribution in [2.24, 2.45) is 0 Å². The van der Waals surface area contributed by atoms with Crippen LogP contribution in [0, 0.1) is 17.5 Å². The molecule has 1 atom stereocenters. The number of rotatable bonds is 5. The summed E-state index contributed by atoms with van der Waals surface area (Å²) in [6.07, 6.45) is 7.21. The lowest BCUT2D eigenvalue weighted by atomic mass is 9.89. The fraction of sp³-hybridized carbons (Fsp3) is 0.500. The minimum absolute atomic E-state index is 0.222. The van der Waals surface area contributed by atoms with Crippen LogP contribution < -0.4 is 5.32 Å². The highest BCUT2D eigenvalue weighted by Crippen LogP contribution is 2.31. The lowest BCUT2D eigenvalue weighted by molar-refractivity contribution is 0.441. The standard InChI is InChI=1S/C16H20F3N/c1-2-8-20-16(11-6-4-3-5-7-11)12-9-13(17)15(19)14(18)10-12/h6,9-10,16,20H,2-5,7-8H2,1H3. The van der Waals surface area contributed by atoms with Gasteiger partial charge in [0.1, 0.15) is 0 Å². The second-order valence-corrected chi connectivity index (χ2v) is 5.21. The average Bonchev–Trinajstić information content (AvgIpc) is 2.46. The van der Waals surface area contributed by atoms with Gasteiger partial charge in [0, 0.05) is 0 Å². The van der Waals surface area contributed by atoms with Crippen LogP contribution in [0.15, 0.2) is 23.8 Å². The lowest BCUT2D eigenvalue weighted by Crippen LogP contribution is -2.25. The van der Waals surface area contributed by atoms with Gasteiger partial charge in [-0.15, -0.1) is 0 Å². The van der Waals surface area contributed by atoms with Crippen LogP contribution >= 0.6 is 0 Å². The molecule has 0 bridgehead atoms. The Balaban J connectivity index is 2.32. The van der Waals surface area contributed by atoms with Gasteiger partial charge < -0.3 is 5.32 Å². The summed E-state index contributed by atoms with van der Waals surface area (Å²) >= 11 is 0. The fourth-order valence-electron chi connectivity index (χ4n) is 2.62. The second-order valence-electron chi connectivity index (χ2n) is 5.21. The molecule has 20 heavy (non-hydrogen) atoms. The third kappa shape index (κ3) is 3.42. The van der Waals surface area contributed by atoms with E-state index in [1.165, 1.54) is 0 Å². The molecule has 0 fully saturated rings. The van der Waals surface area contributed by atoms with E-state index in [-0.39, 0.29) is 6.04 Å². The molecule has 0 saturated heterocycles. The van der Waals surface area contributed by atoms with E-state index in [0.29, 0.717) is 5.56 Å². The Morgan fingerprint density at radius 1 is 1.15 bits per heavy atom. The highest BCUT2D eigenvalue weighted by molar-refractivity contribution is 5.30. The van der Waals surface area contributed by atoms with Crippen LogP contribution in [0.5, 0.6) is 0 Å². The van der Waals surface area contributed by atoms with Crippen LogP contribution in [0.25, 0.3) is 0 Å². The van der Waals surface area contributed by atoms with Gasteiger partial charge in [-0.1, -0.05) is 18.6 Å². The smallest absolute Gasteiger partial charge is 0.194 e. The average molecular weight is 283 g/mol. The summed E-state index contributed by atoms with van der Waals surface area (Å²) in [4.78, 5) is 0. The van der Waals surface area contributed by atoms with Crippen molar-refractivity contribution in [1.82, 2.24) is 5.32 Å². The zero-order valence-electron chi connectivity index (χ0n) is 11.7. The van der Waals surface area contributed by atoms with Crippen molar-refractivity contribution >= 4 is 0 Å². The monoisotopic (exact) mass is 283 g/mol. The maximum atomic E-state index is 13.4. The molecule has 1 aromatic rings. The zero-order valence-corrected chi connectivity index (χ0v) is 11.7. The summed E-state index contributed by atoms with van der Waals surface area (Å²) in [6.45, 7) is 2.79. The van der Waals surface area contributed by atoms with Gasteiger partial charge in [-0.3, -0.25) is 0 Å². The molecule has 2 rings (SSSR count). The summed E-state index contributed by atoms with van der Waals surface area (Å²) in [5, 5.41) is 3.31. The first-order chi connectivity index (χ1) is 9.63. The van der Waals surface area contributed by atoms with E-state index < -0.39 is 17.5 Å². The number of hydrogen-bond acceptors (Lipinski definition) is 1. The van der Waals surface area contributed by atoms with Gasteiger partial charge in [0.15, 0.2) is 17.5 Å². The second kappa shape index (κ2) is 6.93. The summed E-state index contributed by atoms with van der Waals surface area (Å²) < 4.78 is 39.9. The Hall–Kier alpha value is -1.29. The molecule has 1 nitrogen and oxygen atoms in total. The van der Waals surface area contributed by atoms with E-state index in [1.54, 1.807) is 0 Å². The molecule has 0 spiro atoms. The number of halogens is 3. The lowest BCUT2D eigenvalue weighted by Gasteiger charge is -2.25. The van der Waals surface area contributed by atoms with Crippen molar-refractivity contribution in [1.29, 1.82) is 0 Å². The fourth-order valence-corrected chi connectivity index (χ4v) is 2.62. The minimum atomic E-state index is -1.40. The molecule has 1 aliphatic carbocycles. The van der Waals surface area contributed by atoms with E-state index in [1.807, 2.05) is 6.92 Å². The molecule has 1 unspecified atom stereocenters. The van der Waals surface area contributed by atoms with Gasteiger partial charge in [0.2, 0.25) is 0 Å². The third-order valence-corrected chi connectivity index (χ3v) is 3.63. The van der Waals surface area contributed by atoms with Crippen LogP contribution in [0.2, 0.25) is 0 Å². The maximum Gasteiger partial charge on any atom is 0.194 e. The third-order valence-electron chi connectivity index (χ3n) is 3.63. The largest absolute Gasteiger partial charge is 0.307 e. The number of allylic oxidation sites excluding steroid dienone is 1. The van der Waals surface area contributed by atoms with Crippen LogP contribution in [0.3, 0.4) is 0 Å². The molecular weight excluding hydrogens is 263 g/mol. The van der Waals surface area contributed by atoms with Crippen molar-refractivity contribution in [3.63, 3.8) is 0 Å². The quantitative estimate of drug-likeness (QED) is 0.613. The highest BCUT2D eigenvalue weighted by atomic mass is 19.2. The van der Waals surface area contributed by atoms with Crippen molar-refractivity contribution < 1.29 is 13.2 Å². The van der Waals surface area contributed by atoms with E-state index in [0.717, 1.165) is 56.4 Å². The Morgan fingerprint density at radius 3 is 2.40 bits per heavy atom. The Kier molecular flexibility index (Phi) is 5.24. The number of hydrogen-bond donors (Lipinski definition) is 1. The Bertz CT molecular complexity index is 473. The first kappa shape index (κ1) is 15.1. The first-order valence-corrected chi connectivity index (χ1v) is 7.20. The van der Waals surface area contributed by atoms with E-state index >= 15 is 0 Å². The van der Waals surface area contributed by atoms with Crippen molar-refractivity contribution in [2.45, 2.75) is 45.1 Å². The van der Waals surface area contributed by atoms with Gasteiger partial charge in [0.05, 0.1) is 6.04 Å². The molecular formula is C16H20F3N. The molecule has 1 N–H and O–H groups in total. The molecule has 1 aromatic carbocycles. The molecule has 0 radical (unpaired) electrons. The van der Waals surface area contributed by atoms with Crippen molar-refractivity contribution in [3.8, 4) is 0 Å². The van der Waals surface area contributed by atoms with E-state index in [4.69, 9.17) is 0 Å². The molecule has 0 amide bonds. The van der Waals surface area contributed by atoms with E-state index in [2.05, 4.69) is 11.4 Å². The van der Waals surface area contributed by atoms with Crippen LogP contribution in [-0.2, 0) is 0 Å². The molecule has 0 aliphatic heterocycles. The zero-order chi connectivity index (χ0) is 14.5. The number of benzene rings is 1. The predicted octanol–water partition coefficient (Wildman–Crippen LogP) is 4.65. The van der Waals surface area contributed by atoms with Crippen LogP contribution in [0.1, 0.15) is 50.6 Å². The molecule has 1 aliphatic rings. The Labute approximate surface area is 117 Å². The summed E-state index contributed by atoms with van der Waals surface area (Å²) in [7, 11) is 0. The van der Waals surface area contributed by atoms with Crippen molar-refractivity contribution in [2.75, 3.05) is 6.54 Å². The van der Waals surface area contributed by atoms with Crippen LogP contribution in [-0.4, -0.2) is 6.54 Å². The van der Waals surface area contributed by atoms with Gasteiger partial charge in [-0.05, 0) is 56.3 Å². The minimum Gasteiger partial charge on any atom is -0.307 e. The first-order valence-electron chi connectivity index (χ1n) is 7.20. The maximum absolute atomic E-state index is 13.4. The SMILES string of the molecule is CCCNC(C1=CCCCC1)c1cc(F)c(F)c(F)c1. The van der Waals surface area contributed by atoms with Gasteiger partial charge in [-0.2, -0.15) is 0 Å². The van der Waals surface area contributed by atoms with Gasteiger partial charge in [-0.25, -0.2) is 13.2 Å². The molecule has 110 valence electrons. The molecule has 0 heterocycles. The normalized spacial score (nSPS) is 16.9. The van der Waals surface area contributed by atoms with Crippen LogP contribution in [0.4, 0.5) is 13.2 Å². The predicted molar refractivity (Wildman–Crippen MR) is 73.9 cm³/mol. The Morgan fingerprint density at radius 2 is 1.85 bits per heavy atom. The molecule has 0 aromatic heterocycles. The summed E-state index contributed by atoms with van der Waals surface area (Å²) in [5.41, 5.74) is 1.61. The summed E-state index contributed by atoms with van der Waals surface area (Å²) in [6, 6.07) is 1.97. The van der Waals surface area contributed by atoms with Gasteiger partial charge >= 0.3 is 0 Å². The highest BCUT2D eigenvalue weighted by Gasteiger charge is 2.21. The molecule has 4 heteroatoms.